The van der Waals surface area contributed by atoms with E-state index in [4.69, 9.17) is 0 Å². The molecule has 2 heterocycles. The van der Waals surface area contributed by atoms with Crippen LogP contribution in [0.4, 0.5) is 0 Å². The van der Waals surface area contributed by atoms with Gasteiger partial charge in [-0.2, -0.15) is 9.61 Å². The fourth-order valence-electron chi connectivity index (χ4n) is 3.25. The highest BCUT2D eigenvalue weighted by atomic mass is 16.1. The third kappa shape index (κ3) is 2.14. The van der Waals surface area contributed by atoms with E-state index >= 15 is 0 Å². The summed E-state index contributed by atoms with van der Waals surface area (Å²) in [5.74, 6) is 0.248. The standard InChI is InChI=1S/C20H19N3O/c1-12(2)17-11-18(24)23-20(21-17)19(13(3)22-23)16-10-6-8-14-7-4-5-9-15(14)16/h4-12,21H,1-3H3. The first-order valence-corrected chi connectivity index (χ1v) is 8.17. The first-order chi connectivity index (χ1) is 11.6. The molecule has 1 N–H and O–H groups in total. The lowest BCUT2D eigenvalue weighted by molar-refractivity contribution is 0.794. The molecule has 4 aromatic rings. The van der Waals surface area contributed by atoms with Crippen molar-refractivity contribution in [1.82, 2.24) is 14.6 Å². The number of H-pyrrole nitrogens is 1. The molecule has 2 aromatic heterocycles. The Hall–Kier alpha value is -2.88. The molecule has 0 saturated heterocycles. The summed E-state index contributed by atoms with van der Waals surface area (Å²) in [6.07, 6.45) is 0. The summed E-state index contributed by atoms with van der Waals surface area (Å²) in [5.41, 5.74) is 4.53. The van der Waals surface area contributed by atoms with Crippen LogP contribution in [-0.2, 0) is 0 Å². The molecule has 0 amide bonds. The van der Waals surface area contributed by atoms with Gasteiger partial charge in [0.25, 0.3) is 5.56 Å². The van der Waals surface area contributed by atoms with Gasteiger partial charge in [0, 0.05) is 17.3 Å². The molecule has 0 aliphatic heterocycles. The van der Waals surface area contributed by atoms with Crippen LogP contribution in [0.25, 0.3) is 27.5 Å². The Labute approximate surface area is 139 Å². The third-order valence-electron chi connectivity index (χ3n) is 4.49. The molecular formula is C20H19N3O. The Bertz CT molecular complexity index is 1110. The molecule has 0 fully saturated rings. The Morgan fingerprint density at radius 1 is 1.08 bits per heavy atom. The second-order valence-corrected chi connectivity index (χ2v) is 6.47. The van der Waals surface area contributed by atoms with E-state index < -0.39 is 0 Å². The largest absolute Gasteiger partial charge is 0.343 e. The lowest BCUT2D eigenvalue weighted by atomic mass is 9.98. The van der Waals surface area contributed by atoms with Gasteiger partial charge in [0.05, 0.1) is 5.69 Å². The highest BCUT2D eigenvalue weighted by Crippen LogP contribution is 2.33. The van der Waals surface area contributed by atoms with Crippen LogP contribution in [0.2, 0.25) is 0 Å². The van der Waals surface area contributed by atoms with Gasteiger partial charge in [-0.1, -0.05) is 56.3 Å². The Morgan fingerprint density at radius 2 is 1.83 bits per heavy atom. The number of aromatic nitrogens is 3. The average molecular weight is 317 g/mol. The highest BCUT2D eigenvalue weighted by Gasteiger charge is 2.17. The van der Waals surface area contributed by atoms with E-state index in [1.54, 1.807) is 6.07 Å². The Morgan fingerprint density at radius 3 is 2.62 bits per heavy atom. The molecule has 0 spiro atoms. The quantitative estimate of drug-likeness (QED) is 0.600. The van der Waals surface area contributed by atoms with Crippen molar-refractivity contribution in [2.24, 2.45) is 0 Å². The van der Waals surface area contributed by atoms with E-state index in [2.05, 4.69) is 48.2 Å². The SMILES string of the molecule is Cc1nn2c(=O)cc(C(C)C)[nH]c2c1-c1cccc2ccccc12. The van der Waals surface area contributed by atoms with Gasteiger partial charge >= 0.3 is 0 Å². The smallest absolute Gasteiger partial charge is 0.274 e. The van der Waals surface area contributed by atoms with Gasteiger partial charge in [0.1, 0.15) is 5.65 Å². The number of nitrogens with one attached hydrogen (secondary N) is 1. The number of hydrogen-bond acceptors (Lipinski definition) is 2. The molecule has 4 heteroatoms. The van der Waals surface area contributed by atoms with Crippen LogP contribution in [0, 0.1) is 6.92 Å². The minimum Gasteiger partial charge on any atom is -0.343 e. The van der Waals surface area contributed by atoms with Crippen LogP contribution >= 0.6 is 0 Å². The molecule has 0 bridgehead atoms. The van der Waals surface area contributed by atoms with Crippen molar-refractivity contribution in [3.8, 4) is 11.1 Å². The Kier molecular flexibility index (Phi) is 3.27. The Balaban J connectivity index is 2.13. The number of fused-ring (bicyclic) bond motifs is 2. The number of aromatic amines is 1. The first-order valence-electron chi connectivity index (χ1n) is 8.17. The summed E-state index contributed by atoms with van der Waals surface area (Å²) in [5, 5.41) is 6.81. The molecule has 2 aromatic carbocycles. The van der Waals surface area contributed by atoms with Crippen molar-refractivity contribution in [2.75, 3.05) is 0 Å². The molecule has 0 aliphatic carbocycles. The molecule has 120 valence electrons. The van der Waals surface area contributed by atoms with Crippen LogP contribution in [0.15, 0.2) is 53.3 Å². The van der Waals surface area contributed by atoms with Crippen LogP contribution in [0.5, 0.6) is 0 Å². The molecular weight excluding hydrogens is 298 g/mol. The van der Waals surface area contributed by atoms with Crippen molar-refractivity contribution in [2.45, 2.75) is 26.7 Å². The molecule has 0 atom stereocenters. The zero-order valence-electron chi connectivity index (χ0n) is 14.0. The summed E-state index contributed by atoms with van der Waals surface area (Å²) < 4.78 is 1.47. The maximum atomic E-state index is 12.4. The van der Waals surface area contributed by atoms with Crippen molar-refractivity contribution in [1.29, 1.82) is 0 Å². The lowest BCUT2D eigenvalue weighted by Crippen LogP contribution is -2.16. The monoisotopic (exact) mass is 317 g/mol. The predicted molar refractivity (Wildman–Crippen MR) is 97.6 cm³/mol. The predicted octanol–water partition coefficient (Wildman–Crippen LogP) is 4.27. The topological polar surface area (TPSA) is 50.2 Å². The highest BCUT2D eigenvalue weighted by molar-refractivity contribution is 6.00. The molecule has 0 aliphatic rings. The molecule has 24 heavy (non-hydrogen) atoms. The zero-order valence-corrected chi connectivity index (χ0v) is 14.0. The third-order valence-corrected chi connectivity index (χ3v) is 4.49. The minimum atomic E-state index is -0.0953. The number of aryl methyl sites for hydroxylation is 1. The average Bonchev–Trinajstić information content (AvgIpc) is 2.91. The zero-order chi connectivity index (χ0) is 16.8. The van der Waals surface area contributed by atoms with Crippen LogP contribution < -0.4 is 5.56 Å². The number of nitrogens with zero attached hydrogens (tertiary/aromatic N) is 2. The summed E-state index contributed by atoms with van der Waals surface area (Å²) in [4.78, 5) is 15.9. The van der Waals surface area contributed by atoms with Crippen LogP contribution in [0.1, 0.15) is 31.2 Å². The van der Waals surface area contributed by atoms with Crippen LogP contribution in [-0.4, -0.2) is 14.6 Å². The van der Waals surface area contributed by atoms with Gasteiger partial charge in [-0.15, -0.1) is 0 Å². The molecule has 0 saturated carbocycles. The fourth-order valence-corrected chi connectivity index (χ4v) is 3.25. The lowest BCUT2D eigenvalue weighted by Gasteiger charge is -2.09. The normalized spacial score (nSPS) is 11.7. The van der Waals surface area contributed by atoms with E-state index in [1.165, 1.54) is 9.90 Å². The summed E-state index contributed by atoms with van der Waals surface area (Å²) in [7, 11) is 0. The van der Waals surface area contributed by atoms with Crippen LogP contribution in [0.3, 0.4) is 0 Å². The first kappa shape index (κ1) is 14.7. The van der Waals surface area contributed by atoms with Gasteiger partial charge in [0.15, 0.2) is 0 Å². The van der Waals surface area contributed by atoms with E-state index in [0.717, 1.165) is 33.5 Å². The van der Waals surface area contributed by atoms with E-state index in [-0.39, 0.29) is 11.5 Å². The van der Waals surface area contributed by atoms with Gasteiger partial charge in [-0.3, -0.25) is 4.79 Å². The molecule has 4 nitrogen and oxygen atoms in total. The molecule has 0 radical (unpaired) electrons. The summed E-state index contributed by atoms with van der Waals surface area (Å²) >= 11 is 0. The molecule has 4 rings (SSSR count). The second-order valence-electron chi connectivity index (χ2n) is 6.47. The van der Waals surface area contributed by atoms with Crippen molar-refractivity contribution in [3.05, 3.63) is 70.3 Å². The van der Waals surface area contributed by atoms with E-state index in [1.807, 2.05) is 25.1 Å². The van der Waals surface area contributed by atoms with Gasteiger partial charge in [-0.25, -0.2) is 0 Å². The fraction of sp³-hybridized carbons (Fsp3) is 0.200. The number of hydrogen-bond donors (Lipinski definition) is 1. The van der Waals surface area contributed by atoms with Gasteiger partial charge in [0.2, 0.25) is 0 Å². The molecule has 0 unspecified atom stereocenters. The maximum Gasteiger partial charge on any atom is 0.274 e. The second kappa shape index (κ2) is 5.34. The van der Waals surface area contributed by atoms with E-state index in [9.17, 15) is 4.79 Å². The van der Waals surface area contributed by atoms with Gasteiger partial charge in [-0.05, 0) is 29.2 Å². The minimum absolute atomic E-state index is 0.0953. The number of benzene rings is 2. The maximum absolute atomic E-state index is 12.4. The van der Waals surface area contributed by atoms with Crippen molar-refractivity contribution >= 4 is 16.4 Å². The van der Waals surface area contributed by atoms with E-state index in [0.29, 0.717) is 0 Å². The van der Waals surface area contributed by atoms with Crippen molar-refractivity contribution in [3.63, 3.8) is 0 Å². The number of rotatable bonds is 2. The van der Waals surface area contributed by atoms with Gasteiger partial charge < -0.3 is 4.98 Å². The van der Waals surface area contributed by atoms with Crippen molar-refractivity contribution < 1.29 is 0 Å². The summed E-state index contributed by atoms with van der Waals surface area (Å²) in [6, 6.07) is 16.2. The summed E-state index contributed by atoms with van der Waals surface area (Å²) in [6.45, 7) is 6.09.